The van der Waals surface area contributed by atoms with Crippen LogP contribution in [-0.2, 0) is 35.9 Å². The number of sulfonamides is 2. The number of benzene rings is 3. The molecule has 2 fully saturated rings. The van der Waals surface area contributed by atoms with Crippen molar-refractivity contribution in [1.82, 2.24) is 13.9 Å². The third-order valence-electron chi connectivity index (χ3n) is 10.0. The van der Waals surface area contributed by atoms with Crippen molar-refractivity contribution in [3.05, 3.63) is 84.4 Å². The molecule has 6 rings (SSSR count). The summed E-state index contributed by atoms with van der Waals surface area (Å²) in [6.07, 6.45) is -1.74. The molecule has 5 atom stereocenters. The van der Waals surface area contributed by atoms with Gasteiger partial charge >= 0.3 is 6.09 Å². The zero-order chi connectivity index (χ0) is 37.8. The second-order valence-electron chi connectivity index (χ2n) is 14.4. The van der Waals surface area contributed by atoms with Crippen molar-refractivity contribution >= 4 is 26.1 Å². The highest BCUT2D eigenvalue weighted by molar-refractivity contribution is 7.89. The Balaban J connectivity index is 1.26. The fraction of sp³-hybridized carbons (Fsp3) is 0.486. The van der Waals surface area contributed by atoms with Crippen molar-refractivity contribution < 1.29 is 50.8 Å². The van der Waals surface area contributed by atoms with Crippen molar-refractivity contribution in [3.8, 4) is 11.5 Å². The molecule has 3 aliphatic heterocycles. The van der Waals surface area contributed by atoms with Crippen LogP contribution in [0.25, 0.3) is 0 Å². The second-order valence-corrected chi connectivity index (χ2v) is 18.1. The lowest BCUT2D eigenvalue weighted by atomic mass is 9.87. The largest absolute Gasteiger partial charge is 0.465 e. The number of fused-ring (bicyclic) bond motifs is 2. The average Bonchev–Trinajstić information content (AvgIpc) is 3.89. The number of nitrogens with zero attached hydrogens (tertiary/aromatic N) is 2. The van der Waals surface area contributed by atoms with Crippen LogP contribution in [0, 0.1) is 11.3 Å². The molecule has 0 radical (unpaired) electrons. The van der Waals surface area contributed by atoms with Gasteiger partial charge < -0.3 is 29.2 Å². The summed E-state index contributed by atoms with van der Waals surface area (Å²) in [6.45, 7) is 3.83. The van der Waals surface area contributed by atoms with Crippen molar-refractivity contribution in [2.75, 3.05) is 39.6 Å². The number of carbonyl (C=O) groups is 1. The summed E-state index contributed by atoms with van der Waals surface area (Å²) >= 11 is 0. The maximum Gasteiger partial charge on any atom is 0.407 e. The van der Waals surface area contributed by atoms with Gasteiger partial charge in [-0.2, -0.15) is 4.31 Å². The van der Waals surface area contributed by atoms with Crippen molar-refractivity contribution in [2.24, 2.45) is 11.3 Å². The lowest BCUT2D eigenvalue weighted by Gasteiger charge is -2.40. The van der Waals surface area contributed by atoms with Crippen LogP contribution in [-0.4, -0.2) is 106 Å². The predicted octanol–water partition coefficient (Wildman–Crippen LogP) is 3.90. The Morgan fingerprint density at radius 2 is 1.64 bits per heavy atom. The first-order chi connectivity index (χ1) is 25.2. The number of amides is 1. The first kappa shape index (κ1) is 38.9. The maximum absolute atomic E-state index is 14.5. The molecule has 2 saturated heterocycles. The zero-order valence-corrected chi connectivity index (χ0v) is 31.4. The van der Waals surface area contributed by atoms with E-state index in [0.29, 0.717) is 31.6 Å². The van der Waals surface area contributed by atoms with Crippen LogP contribution >= 0.6 is 0 Å². The number of carboxylic acid groups (broad SMARTS) is 1. The van der Waals surface area contributed by atoms with Crippen molar-refractivity contribution in [1.29, 1.82) is 0 Å². The van der Waals surface area contributed by atoms with Gasteiger partial charge in [0.2, 0.25) is 26.8 Å². The fourth-order valence-corrected chi connectivity index (χ4v) is 10.1. The number of aliphatic hydroxyl groups is 1. The molecule has 0 unspecified atom stereocenters. The molecule has 0 spiro atoms. The lowest BCUT2D eigenvalue weighted by Crippen LogP contribution is -2.58. The van der Waals surface area contributed by atoms with Crippen LogP contribution in [0.5, 0.6) is 11.5 Å². The molecule has 53 heavy (non-hydrogen) atoms. The highest BCUT2D eigenvalue weighted by Gasteiger charge is 2.49. The molecule has 288 valence electrons. The molecule has 16 heteroatoms. The summed E-state index contributed by atoms with van der Waals surface area (Å²) in [6, 6.07) is 19.8. The smallest absolute Gasteiger partial charge is 0.407 e. The van der Waals surface area contributed by atoms with E-state index in [0.717, 1.165) is 5.56 Å². The zero-order valence-electron chi connectivity index (χ0n) is 29.7. The molecule has 14 nitrogen and oxygen atoms in total. The van der Waals surface area contributed by atoms with Gasteiger partial charge in [-0.15, -0.1) is 0 Å². The summed E-state index contributed by atoms with van der Waals surface area (Å²) in [5.41, 5.74) is 0.0561. The number of nitrogens with one attached hydrogen (secondary N) is 1. The Morgan fingerprint density at radius 3 is 2.36 bits per heavy atom. The third kappa shape index (κ3) is 9.13. The van der Waals surface area contributed by atoms with Gasteiger partial charge in [0, 0.05) is 31.6 Å². The summed E-state index contributed by atoms with van der Waals surface area (Å²) in [5.74, 6) is 0.440. The Morgan fingerprint density at radius 1 is 0.943 bits per heavy atom. The Kier molecular flexibility index (Phi) is 12.0. The predicted molar refractivity (Wildman–Crippen MR) is 193 cm³/mol. The molecule has 3 aliphatic rings. The number of ether oxygens (including phenoxy) is 4. The van der Waals surface area contributed by atoms with E-state index in [1.807, 2.05) is 44.2 Å². The van der Waals surface area contributed by atoms with E-state index >= 15 is 0 Å². The molecule has 0 bridgehead atoms. The molecule has 3 heterocycles. The van der Waals surface area contributed by atoms with E-state index in [1.165, 1.54) is 39.5 Å². The van der Waals surface area contributed by atoms with Gasteiger partial charge in [0.05, 0.1) is 41.2 Å². The van der Waals surface area contributed by atoms with E-state index in [-0.39, 0.29) is 54.4 Å². The molecule has 1 amide bonds. The van der Waals surface area contributed by atoms with Gasteiger partial charge in [0.15, 0.2) is 17.8 Å². The van der Waals surface area contributed by atoms with Gasteiger partial charge in [-0.3, -0.25) is 4.90 Å². The standard InChI is InChI=1S/C37H47N3O11S2/c1-37(2,17-9-18-38-52(44,45)27-12-7-4-8-13-27)24-39(53(46,47)28-14-15-33-34(21-28)51-25-50-33)22-32(41)30(20-26-10-5-3-6-11-26)40(36(42)43)31-23-49-35-29(31)16-19-48-35/h3-8,10-15,21,29-32,35,38,41H,9,16-20,22-25H2,1-2H3,(H,42,43)/t29-,30-,31-,32+,35+/m0/s1. The van der Waals surface area contributed by atoms with Crippen LogP contribution in [0.1, 0.15) is 38.7 Å². The molecule has 3 aromatic carbocycles. The maximum atomic E-state index is 14.5. The van der Waals surface area contributed by atoms with E-state index in [1.54, 1.807) is 18.2 Å². The van der Waals surface area contributed by atoms with E-state index in [4.69, 9.17) is 18.9 Å². The molecule has 0 saturated carbocycles. The topological polar surface area (TPSA) is 181 Å². The summed E-state index contributed by atoms with van der Waals surface area (Å²) < 4.78 is 80.7. The van der Waals surface area contributed by atoms with Crippen LogP contribution in [0.2, 0.25) is 0 Å². The number of rotatable bonds is 17. The quantitative estimate of drug-likeness (QED) is 0.169. The molecule has 3 N–H and O–H groups in total. The fourth-order valence-electron chi connectivity index (χ4n) is 7.31. The minimum atomic E-state index is -4.31. The minimum Gasteiger partial charge on any atom is -0.465 e. The first-order valence-corrected chi connectivity index (χ1v) is 20.6. The number of hydrogen-bond donors (Lipinski definition) is 3. The van der Waals surface area contributed by atoms with Crippen LogP contribution < -0.4 is 14.2 Å². The van der Waals surface area contributed by atoms with Gasteiger partial charge in [-0.25, -0.2) is 26.4 Å². The van der Waals surface area contributed by atoms with Crippen LogP contribution in [0.3, 0.4) is 0 Å². The Bertz CT molecular complexity index is 1930. The van der Waals surface area contributed by atoms with Gasteiger partial charge in [-0.05, 0) is 60.9 Å². The van der Waals surface area contributed by atoms with Gasteiger partial charge in [0.1, 0.15) is 0 Å². The normalized spacial score (nSPS) is 21.0. The molecule has 3 aromatic rings. The highest BCUT2D eigenvalue weighted by atomic mass is 32.2. The average molecular weight is 774 g/mol. The molecular weight excluding hydrogens is 727 g/mol. The number of hydrogen-bond acceptors (Lipinski definition) is 10. The second kappa shape index (κ2) is 16.3. The highest BCUT2D eigenvalue weighted by Crippen LogP contribution is 2.38. The minimum absolute atomic E-state index is 0.0493. The molecule has 0 aliphatic carbocycles. The van der Waals surface area contributed by atoms with E-state index in [2.05, 4.69) is 4.72 Å². The summed E-state index contributed by atoms with van der Waals surface area (Å²) in [7, 11) is -8.04. The lowest BCUT2D eigenvalue weighted by molar-refractivity contribution is -0.0906. The SMILES string of the molecule is CC(C)(CCCNS(=O)(=O)c1ccccc1)CN(C[C@@H](O)[C@H](Cc1ccccc1)N(C(=O)O)[C@H]1CO[C@H]2OCC[C@H]21)S(=O)(=O)c1ccc2c(c1)OCO2. The van der Waals surface area contributed by atoms with Crippen molar-refractivity contribution in [2.45, 2.75) is 73.8 Å². The molecular formula is C37H47N3O11S2. The summed E-state index contributed by atoms with van der Waals surface area (Å²) in [5, 5.41) is 22.8. The van der Waals surface area contributed by atoms with Gasteiger partial charge in [-0.1, -0.05) is 62.4 Å². The van der Waals surface area contributed by atoms with Crippen LogP contribution in [0.4, 0.5) is 4.79 Å². The Labute approximate surface area is 310 Å². The molecule has 0 aromatic heterocycles. The monoisotopic (exact) mass is 773 g/mol. The van der Waals surface area contributed by atoms with E-state index < -0.39 is 62.6 Å². The Hall–Kier alpha value is -3.77. The summed E-state index contributed by atoms with van der Waals surface area (Å²) in [4.78, 5) is 14.4. The van der Waals surface area contributed by atoms with Gasteiger partial charge in [0.25, 0.3) is 0 Å². The third-order valence-corrected chi connectivity index (χ3v) is 13.3. The first-order valence-electron chi connectivity index (χ1n) is 17.7. The van der Waals surface area contributed by atoms with Crippen LogP contribution in [0.15, 0.2) is 88.7 Å². The van der Waals surface area contributed by atoms with E-state index in [9.17, 15) is 31.8 Å². The number of aliphatic hydroxyl groups excluding tert-OH is 1. The van der Waals surface area contributed by atoms with Crippen molar-refractivity contribution in [3.63, 3.8) is 0 Å².